The highest BCUT2D eigenvalue weighted by Gasteiger charge is 2.46. The van der Waals surface area contributed by atoms with Gasteiger partial charge in [-0.05, 0) is 62.8 Å². The lowest BCUT2D eigenvalue weighted by atomic mass is 9.87. The molecular weight excluding hydrogens is 272 g/mol. The van der Waals surface area contributed by atoms with Crippen LogP contribution >= 0.6 is 0 Å². The fourth-order valence-corrected chi connectivity index (χ4v) is 2.53. The molecule has 22 heavy (non-hydrogen) atoms. The summed E-state index contributed by atoms with van der Waals surface area (Å²) < 4.78 is 11.4. The molecule has 0 aromatic heterocycles. The van der Waals surface area contributed by atoms with E-state index in [9.17, 15) is 0 Å². The Balaban J connectivity index is 1.74. The molecule has 1 aromatic rings. The van der Waals surface area contributed by atoms with Gasteiger partial charge in [0.2, 0.25) is 0 Å². The number of hydrogen-bond donors (Lipinski definition) is 0. The Labute approximate surface area is 135 Å². The van der Waals surface area contributed by atoms with Crippen LogP contribution < -0.4 is 4.74 Å². The van der Waals surface area contributed by atoms with Crippen molar-refractivity contribution in [2.45, 2.75) is 71.5 Å². The predicted octanol–water partition coefficient (Wildman–Crippen LogP) is 5.27. The molecule has 1 fully saturated rings. The zero-order valence-electron chi connectivity index (χ0n) is 14.9. The van der Waals surface area contributed by atoms with E-state index in [1.54, 1.807) is 0 Å². The molecule has 0 spiro atoms. The Bertz CT molecular complexity index is 518. The van der Waals surface area contributed by atoms with Crippen LogP contribution in [-0.4, -0.2) is 18.3 Å². The quantitative estimate of drug-likeness (QED) is 0.527. The molecule has 0 radical (unpaired) electrons. The van der Waals surface area contributed by atoms with Gasteiger partial charge in [-0.25, -0.2) is 0 Å². The largest absolute Gasteiger partial charge is 0.490 e. The number of hydrogen-bond acceptors (Lipinski definition) is 2. The van der Waals surface area contributed by atoms with E-state index in [1.165, 1.54) is 11.1 Å². The summed E-state index contributed by atoms with van der Waals surface area (Å²) >= 11 is 0. The first-order chi connectivity index (χ1) is 10.2. The topological polar surface area (TPSA) is 21.8 Å². The van der Waals surface area contributed by atoms with Gasteiger partial charge >= 0.3 is 0 Å². The number of rotatable bonds is 6. The zero-order valence-corrected chi connectivity index (χ0v) is 14.9. The van der Waals surface area contributed by atoms with Crippen LogP contribution in [0.1, 0.15) is 59.9 Å². The lowest BCUT2D eigenvalue weighted by Gasteiger charge is -2.19. The number of allylic oxidation sites excluding steroid dienone is 1. The maximum absolute atomic E-state index is 5.80. The van der Waals surface area contributed by atoms with Gasteiger partial charge in [0, 0.05) is 0 Å². The third-order valence-electron chi connectivity index (χ3n) is 4.37. The van der Waals surface area contributed by atoms with Gasteiger partial charge in [0.15, 0.2) is 0 Å². The molecule has 1 heterocycles. The van der Waals surface area contributed by atoms with E-state index in [4.69, 9.17) is 9.47 Å². The van der Waals surface area contributed by atoms with E-state index in [0.717, 1.165) is 18.6 Å². The first kappa shape index (κ1) is 17.1. The van der Waals surface area contributed by atoms with Crippen molar-refractivity contribution in [3.05, 3.63) is 41.5 Å². The highest BCUT2D eigenvalue weighted by atomic mass is 16.6. The van der Waals surface area contributed by atoms with Crippen molar-refractivity contribution in [1.82, 2.24) is 0 Å². The molecule has 1 aliphatic rings. The highest BCUT2D eigenvalue weighted by molar-refractivity contribution is 5.31. The Morgan fingerprint density at radius 3 is 2.32 bits per heavy atom. The molecule has 1 saturated heterocycles. The van der Waals surface area contributed by atoms with Crippen LogP contribution in [-0.2, 0) is 10.2 Å². The first-order valence-corrected chi connectivity index (χ1v) is 8.25. The third-order valence-corrected chi connectivity index (χ3v) is 4.37. The maximum Gasteiger partial charge on any atom is 0.119 e. The number of ether oxygens (including phenoxy) is 2. The van der Waals surface area contributed by atoms with E-state index < -0.39 is 0 Å². The summed E-state index contributed by atoms with van der Waals surface area (Å²) in [6.07, 6.45) is 4.80. The normalized spacial score (nSPS) is 20.8. The third kappa shape index (κ3) is 4.88. The van der Waals surface area contributed by atoms with Crippen molar-refractivity contribution in [3.63, 3.8) is 0 Å². The van der Waals surface area contributed by atoms with Gasteiger partial charge in [-0.15, -0.1) is 0 Å². The van der Waals surface area contributed by atoms with E-state index in [-0.39, 0.29) is 11.0 Å². The summed E-state index contributed by atoms with van der Waals surface area (Å²) in [7, 11) is 0. The van der Waals surface area contributed by atoms with Crippen LogP contribution in [0.5, 0.6) is 5.75 Å². The van der Waals surface area contributed by atoms with Crippen LogP contribution in [0.15, 0.2) is 35.9 Å². The minimum absolute atomic E-state index is 0.103. The van der Waals surface area contributed by atoms with Gasteiger partial charge in [-0.3, -0.25) is 0 Å². The van der Waals surface area contributed by atoms with E-state index in [2.05, 4.69) is 71.9 Å². The molecule has 0 N–H and O–H groups in total. The smallest absolute Gasteiger partial charge is 0.119 e. The summed E-state index contributed by atoms with van der Waals surface area (Å²) in [6, 6.07) is 8.42. The molecule has 0 bridgehead atoms. The van der Waals surface area contributed by atoms with Gasteiger partial charge in [-0.2, -0.15) is 0 Å². The van der Waals surface area contributed by atoms with Crippen molar-refractivity contribution in [3.8, 4) is 5.75 Å². The Kier molecular flexibility index (Phi) is 5.01. The van der Waals surface area contributed by atoms with Gasteiger partial charge in [0.25, 0.3) is 0 Å². The second kappa shape index (κ2) is 6.45. The van der Waals surface area contributed by atoms with Gasteiger partial charge in [-0.1, -0.05) is 38.5 Å². The van der Waals surface area contributed by atoms with E-state index >= 15 is 0 Å². The standard InChI is InChI=1S/C20H30O2/c1-15(7-12-18-20(5,6)22-18)13-14-21-17-10-8-16(9-11-17)19(2,3)4/h8-11,13,18H,7,12,14H2,1-6H3. The number of epoxide rings is 1. The Hall–Kier alpha value is -1.28. The van der Waals surface area contributed by atoms with E-state index in [0.29, 0.717) is 12.7 Å². The summed E-state index contributed by atoms with van der Waals surface area (Å²) in [5.74, 6) is 0.934. The van der Waals surface area contributed by atoms with Crippen LogP contribution in [0.25, 0.3) is 0 Å². The summed E-state index contributed by atoms with van der Waals surface area (Å²) in [6.45, 7) is 13.8. The van der Waals surface area contributed by atoms with Crippen LogP contribution in [0, 0.1) is 0 Å². The summed E-state index contributed by atoms with van der Waals surface area (Å²) in [4.78, 5) is 0. The molecule has 1 unspecified atom stereocenters. The van der Waals surface area contributed by atoms with Crippen molar-refractivity contribution in [2.24, 2.45) is 0 Å². The summed E-state index contributed by atoms with van der Waals surface area (Å²) in [5, 5.41) is 0. The van der Waals surface area contributed by atoms with Crippen LogP contribution in [0.2, 0.25) is 0 Å². The molecular formula is C20H30O2. The lowest BCUT2D eigenvalue weighted by Crippen LogP contribution is -2.10. The average Bonchev–Trinajstić information content (AvgIpc) is 3.04. The van der Waals surface area contributed by atoms with Crippen LogP contribution in [0.3, 0.4) is 0 Å². The zero-order chi connectivity index (χ0) is 16.4. The number of benzene rings is 1. The molecule has 1 aromatic carbocycles. The van der Waals surface area contributed by atoms with Crippen molar-refractivity contribution < 1.29 is 9.47 Å². The average molecular weight is 302 g/mol. The molecule has 1 aliphatic heterocycles. The van der Waals surface area contributed by atoms with Crippen molar-refractivity contribution >= 4 is 0 Å². The highest BCUT2D eigenvalue weighted by Crippen LogP contribution is 2.38. The molecule has 1 atom stereocenters. The molecule has 0 amide bonds. The van der Waals surface area contributed by atoms with Gasteiger partial charge < -0.3 is 9.47 Å². The Morgan fingerprint density at radius 1 is 1.23 bits per heavy atom. The molecule has 122 valence electrons. The van der Waals surface area contributed by atoms with E-state index in [1.807, 2.05) is 0 Å². The second-order valence-electron chi connectivity index (χ2n) is 7.88. The predicted molar refractivity (Wildman–Crippen MR) is 92.6 cm³/mol. The monoisotopic (exact) mass is 302 g/mol. The molecule has 2 heteroatoms. The van der Waals surface area contributed by atoms with Crippen molar-refractivity contribution in [2.75, 3.05) is 6.61 Å². The van der Waals surface area contributed by atoms with Gasteiger partial charge in [0.05, 0.1) is 11.7 Å². The Morgan fingerprint density at radius 2 is 1.82 bits per heavy atom. The van der Waals surface area contributed by atoms with Gasteiger partial charge in [0.1, 0.15) is 12.4 Å². The molecule has 2 nitrogen and oxygen atoms in total. The lowest BCUT2D eigenvalue weighted by molar-refractivity contribution is 0.320. The first-order valence-electron chi connectivity index (χ1n) is 8.25. The minimum atomic E-state index is 0.103. The summed E-state index contributed by atoms with van der Waals surface area (Å²) in [5.41, 5.74) is 3.00. The second-order valence-corrected chi connectivity index (χ2v) is 7.88. The fraction of sp³-hybridized carbons (Fsp3) is 0.600. The van der Waals surface area contributed by atoms with Crippen molar-refractivity contribution in [1.29, 1.82) is 0 Å². The molecule has 2 rings (SSSR count). The molecule has 0 aliphatic carbocycles. The SMILES string of the molecule is CC(=CCOc1ccc(C(C)(C)C)cc1)CCC1OC1(C)C. The van der Waals surface area contributed by atoms with Crippen LogP contribution in [0.4, 0.5) is 0 Å². The fourth-order valence-electron chi connectivity index (χ4n) is 2.53. The maximum atomic E-state index is 5.80. The minimum Gasteiger partial charge on any atom is -0.490 e. The molecule has 0 saturated carbocycles.